The summed E-state index contributed by atoms with van der Waals surface area (Å²) in [5.41, 5.74) is 3.79. The van der Waals surface area contributed by atoms with Crippen molar-refractivity contribution in [3.8, 4) is 6.07 Å². The van der Waals surface area contributed by atoms with E-state index < -0.39 is 0 Å². The minimum absolute atomic E-state index is 0.152. The van der Waals surface area contributed by atoms with Crippen LogP contribution in [0.15, 0.2) is 47.4 Å². The van der Waals surface area contributed by atoms with Gasteiger partial charge in [-0.3, -0.25) is 14.3 Å². The summed E-state index contributed by atoms with van der Waals surface area (Å²) in [7, 11) is 0. The smallest absolute Gasteiger partial charge is 0.270 e. The molecule has 0 radical (unpaired) electrons. The second-order valence-electron chi connectivity index (χ2n) is 6.38. The number of carbonyl (C=O) groups excluding carboxylic acids is 2. The molecule has 1 aliphatic rings. The highest BCUT2D eigenvalue weighted by Crippen LogP contribution is 2.22. The van der Waals surface area contributed by atoms with Gasteiger partial charge >= 0.3 is 0 Å². The van der Waals surface area contributed by atoms with E-state index in [1.54, 1.807) is 46.3 Å². The fraction of sp³-hybridized carbons (Fsp3) is 0.211. The second kappa shape index (κ2) is 7.62. The number of fused-ring (bicyclic) bond motifs is 1. The maximum atomic E-state index is 13.0. The molecular weight excluding hydrogens is 376 g/mol. The van der Waals surface area contributed by atoms with Crippen molar-refractivity contribution in [2.24, 2.45) is 0 Å². The van der Waals surface area contributed by atoms with Gasteiger partial charge in [-0.15, -0.1) is 11.3 Å². The maximum Gasteiger partial charge on any atom is 0.270 e. The van der Waals surface area contributed by atoms with Crippen LogP contribution in [0.1, 0.15) is 38.1 Å². The monoisotopic (exact) mass is 392 g/mol. The lowest BCUT2D eigenvalue weighted by molar-refractivity contribution is 0.0666. The predicted molar refractivity (Wildman–Crippen MR) is 102 cm³/mol. The Hall–Kier alpha value is -3.51. The van der Waals surface area contributed by atoms with Gasteiger partial charge in [0.2, 0.25) is 0 Å². The summed E-state index contributed by atoms with van der Waals surface area (Å²) in [5.74, 6) is -0.402. The van der Waals surface area contributed by atoms with E-state index in [4.69, 9.17) is 5.26 Å². The standard InChI is InChI=1S/C19H16N6O2S/c20-7-13-2-1-3-14(6-13)19(27)24-9-15-4-5-23-25(15)16(10-24)8-21-18(26)17-11-28-12-22-17/h1-6,11-12,16H,8-10H2,(H,21,26)/t16-/m0/s1. The Labute approximate surface area is 165 Å². The van der Waals surface area contributed by atoms with Crippen molar-refractivity contribution in [1.29, 1.82) is 5.26 Å². The van der Waals surface area contributed by atoms with Gasteiger partial charge in [-0.25, -0.2) is 4.98 Å². The minimum atomic E-state index is -0.250. The fourth-order valence-electron chi connectivity index (χ4n) is 3.22. The predicted octanol–water partition coefficient (Wildman–Crippen LogP) is 1.84. The van der Waals surface area contributed by atoms with Gasteiger partial charge in [0.15, 0.2) is 0 Å². The maximum absolute atomic E-state index is 13.0. The Kier molecular flexibility index (Phi) is 4.87. The Balaban J connectivity index is 1.51. The molecule has 1 aliphatic heterocycles. The van der Waals surface area contributed by atoms with E-state index in [0.717, 1.165) is 5.69 Å². The molecule has 0 saturated carbocycles. The van der Waals surface area contributed by atoms with Crippen molar-refractivity contribution in [1.82, 2.24) is 25.0 Å². The quantitative estimate of drug-likeness (QED) is 0.730. The molecule has 3 aromatic rings. The summed E-state index contributed by atoms with van der Waals surface area (Å²) >= 11 is 1.36. The first-order valence-electron chi connectivity index (χ1n) is 8.64. The number of hydrogen-bond donors (Lipinski definition) is 1. The van der Waals surface area contributed by atoms with Gasteiger partial charge in [0, 0.05) is 30.2 Å². The van der Waals surface area contributed by atoms with E-state index in [0.29, 0.717) is 36.5 Å². The molecule has 140 valence electrons. The van der Waals surface area contributed by atoms with Crippen LogP contribution in [0.4, 0.5) is 0 Å². The molecule has 0 fully saturated rings. The van der Waals surface area contributed by atoms with Crippen LogP contribution < -0.4 is 5.32 Å². The molecule has 3 heterocycles. The zero-order valence-corrected chi connectivity index (χ0v) is 15.6. The Morgan fingerprint density at radius 2 is 2.25 bits per heavy atom. The van der Waals surface area contributed by atoms with E-state index >= 15 is 0 Å². The van der Waals surface area contributed by atoms with Crippen LogP contribution in [0.3, 0.4) is 0 Å². The number of nitrogens with one attached hydrogen (secondary N) is 1. The first-order chi connectivity index (χ1) is 13.7. The van der Waals surface area contributed by atoms with Gasteiger partial charge < -0.3 is 10.2 Å². The average molecular weight is 392 g/mol. The summed E-state index contributed by atoms with van der Waals surface area (Å²) in [6, 6.07) is 10.4. The van der Waals surface area contributed by atoms with Gasteiger partial charge in [-0.05, 0) is 24.3 Å². The fourth-order valence-corrected chi connectivity index (χ4v) is 3.76. The van der Waals surface area contributed by atoms with Crippen molar-refractivity contribution < 1.29 is 9.59 Å². The largest absolute Gasteiger partial charge is 0.348 e. The van der Waals surface area contributed by atoms with Crippen LogP contribution in [0, 0.1) is 11.3 Å². The van der Waals surface area contributed by atoms with Crippen molar-refractivity contribution >= 4 is 23.2 Å². The molecule has 0 saturated heterocycles. The Morgan fingerprint density at radius 1 is 1.36 bits per heavy atom. The summed E-state index contributed by atoms with van der Waals surface area (Å²) in [6.07, 6.45) is 1.69. The van der Waals surface area contributed by atoms with Gasteiger partial charge in [-0.1, -0.05) is 6.07 Å². The van der Waals surface area contributed by atoms with Gasteiger partial charge in [0.1, 0.15) is 5.69 Å². The molecule has 4 rings (SSSR count). The second-order valence-corrected chi connectivity index (χ2v) is 7.10. The van der Waals surface area contributed by atoms with Crippen LogP contribution in [0.25, 0.3) is 0 Å². The molecule has 2 amide bonds. The molecule has 0 spiro atoms. The third-order valence-electron chi connectivity index (χ3n) is 4.57. The SMILES string of the molecule is N#Cc1cccc(C(=O)N2Cc3ccnn3[C@@H](CNC(=O)c3cscn3)C2)c1. The van der Waals surface area contributed by atoms with Crippen molar-refractivity contribution in [3.63, 3.8) is 0 Å². The third-order valence-corrected chi connectivity index (χ3v) is 5.16. The zero-order chi connectivity index (χ0) is 19.5. The third kappa shape index (κ3) is 3.50. The first-order valence-corrected chi connectivity index (χ1v) is 9.58. The van der Waals surface area contributed by atoms with Crippen LogP contribution in [-0.2, 0) is 6.54 Å². The molecule has 0 aliphatic carbocycles. The highest BCUT2D eigenvalue weighted by Gasteiger charge is 2.29. The van der Waals surface area contributed by atoms with Crippen molar-refractivity contribution in [3.05, 3.63) is 69.9 Å². The van der Waals surface area contributed by atoms with E-state index in [1.165, 1.54) is 11.3 Å². The summed E-state index contributed by atoms with van der Waals surface area (Å²) < 4.78 is 1.84. The first kappa shape index (κ1) is 17.9. The number of nitrogens with zero attached hydrogens (tertiary/aromatic N) is 5. The highest BCUT2D eigenvalue weighted by atomic mass is 32.1. The van der Waals surface area contributed by atoms with Crippen LogP contribution in [-0.4, -0.2) is 44.6 Å². The molecule has 2 aromatic heterocycles. The lowest BCUT2D eigenvalue weighted by atomic mass is 10.1. The van der Waals surface area contributed by atoms with Crippen LogP contribution in [0.5, 0.6) is 0 Å². The molecule has 0 bridgehead atoms. The number of hydrogen-bond acceptors (Lipinski definition) is 6. The molecule has 28 heavy (non-hydrogen) atoms. The van der Waals surface area contributed by atoms with Gasteiger partial charge in [0.25, 0.3) is 11.8 Å². The van der Waals surface area contributed by atoms with Crippen LogP contribution in [0.2, 0.25) is 0 Å². The average Bonchev–Trinajstić information content (AvgIpc) is 3.43. The Morgan fingerprint density at radius 3 is 3.04 bits per heavy atom. The van der Waals surface area contributed by atoms with E-state index in [9.17, 15) is 9.59 Å². The molecule has 1 N–H and O–H groups in total. The van der Waals surface area contributed by atoms with E-state index in [1.807, 2.05) is 10.7 Å². The van der Waals surface area contributed by atoms with Crippen molar-refractivity contribution in [2.45, 2.75) is 12.6 Å². The number of amides is 2. The molecule has 0 unspecified atom stereocenters. The number of nitriles is 1. The molecule has 8 nitrogen and oxygen atoms in total. The lowest BCUT2D eigenvalue weighted by Crippen LogP contribution is -2.45. The summed E-state index contributed by atoms with van der Waals surface area (Å²) in [6.45, 7) is 1.15. The van der Waals surface area contributed by atoms with Gasteiger partial charge in [0.05, 0.1) is 35.4 Å². The van der Waals surface area contributed by atoms with Crippen molar-refractivity contribution in [2.75, 3.05) is 13.1 Å². The van der Waals surface area contributed by atoms with E-state index in [2.05, 4.69) is 21.5 Å². The lowest BCUT2D eigenvalue weighted by Gasteiger charge is -2.34. The molecule has 9 heteroatoms. The molecule has 1 aromatic carbocycles. The number of thiazole rings is 1. The number of aromatic nitrogens is 3. The highest BCUT2D eigenvalue weighted by molar-refractivity contribution is 7.07. The number of benzene rings is 1. The minimum Gasteiger partial charge on any atom is -0.348 e. The molecular formula is C19H16N6O2S. The molecule has 1 atom stereocenters. The topological polar surface area (TPSA) is 104 Å². The normalized spacial score (nSPS) is 15.5. The number of rotatable bonds is 4. The van der Waals surface area contributed by atoms with Gasteiger partial charge in [-0.2, -0.15) is 10.4 Å². The van der Waals surface area contributed by atoms with Crippen LogP contribution >= 0.6 is 11.3 Å². The number of carbonyl (C=O) groups is 2. The zero-order valence-electron chi connectivity index (χ0n) is 14.8. The summed E-state index contributed by atoms with van der Waals surface area (Å²) in [5, 5.41) is 18.0. The van der Waals surface area contributed by atoms with E-state index in [-0.39, 0.29) is 17.9 Å². The Bertz CT molecular complexity index is 1050. The summed E-state index contributed by atoms with van der Waals surface area (Å²) in [4.78, 5) is 30.9.